The van der Waals surface area contributed by atoms with Gasteiger partial charge in [0.1, 0.15) is 17.3 Å². The fraction of sp³-hybridized carbons (Fsp3) is 0.462. The fourth-order valence-corrected chi connectivity index (χ4v) is 2.56. The molecule has 0 saturated heterocycles. The van der Waals surface area contributed by atoms with Gasteiger partial charge in [0.25, 0.3) is 0 Å². The minimum Gasteiger partial charge on any atom is -0.492 e. The summed E-state index contributed by atoms with van der Waals surface area (Å²) < 4.78 is 19.0. The molecule has 1 aromatic rings. The van der Waals surface area contributed by atoms with Crippen molar-refractivity contribution in [3.63, 3.8) is 0 Å². The van der Waals surface area contributed by atoms with Crippen LogP contribution in [0.2, 0.25) is 0 Å². The first kappa shape index (κ1) is 12.6. The van der Waals surface area contributed by atoms with Crippen molar-refractivity contribution in [3.8, 4) is 5.75 Å². The summed E-state index contributed by atoms with van der Waals surface area (Å²) in [4.78, 5) is 11.4. The van der Waals surface area contributed by atoms with E-state index in [1.165, 1.54) is 12.1 Å². The Morgan fingerprint density at radius 1 is 1.47 bits per heavy atom. The molecule has 1 unspecified atom stereocenters. The van der Waals surface area contributed by atoms with E-state index in [0.29, 0.717) is 29.0 Å². The maximum absolute atomic E-state index is 12.8. The average molecular weight is 301 g/mol. The predicted octanol–water partition coefficient (Wildman–Crippen LogP) is 3.73. The molecule has 1 fully saturated rings. The number of hydrogen-bond donors (Lipinski definition) is 0. The lowest BCUT2D eigenvalue weighted by Gasteiger charge is -2.10. The molecule has 0 aliphatic heterocycles. The van der Waals surface area contributed by atoms with E-state index >= 15 is 0 Å². The Labute approximate surface area is 108 Å². The third-order valence-corrected chi connectivity index (χ3v) is 3.67. The quantitative estimate of drug-likeness (QED) is 0.847. The van der Waals surface area contributed by atoms with Crippen molar-refractivity contribution < 1.29 is 13.9 Å². The number of carbonyl (C=O) groups is 1. The Hall–Kier alpha value is -0.900. The summed E-state index contributed by atoms with van der Waals surface area (Å²) in [5, 5.41) is 0. The molecular formula is C13H14BrFO2. The van der Waals surface area contributed by atoms with E-state index in [1.54, 1.807) is 6.07 Å². The lowest BCUT2D eigenvalue weighted by Crippen LogP contribution is -2.11. The van der Waals surface area contributed by atoms with Gasteiger partial charge in [0, 0.05) is 12.3 Å². The van der Waals surface area contributed by atoms with Gasteiger partial charge in [-0.3, -0.25) is 4.79 Å². The van der Waals surface area contributed by atoms with Crippen molar-refractivity contribution >= 4 is 21.7 Å². The van der Waals surface area contributed by atoms with E-state index in [-0.39, 0.29) is 11.7 Å². The van der Waals surface area contributed by atoms with Crippen LogP contribution in [0.25, 0.3) is 0 Å². The van der Waals surface area contributed by atoms with Gasteiger partial charge in [-0.1, -0.05) is 0 Å². The molecule has 0 amide bonds. The monoisotopic (exact) mass is 300 g/mol. The van der Waals surface area contributed by atoms with Gasteiger partial charge >= 0.3 is 0 Å². The second-order valence-electron chi connectivity index (χ2n) is 4.27. The van der Waals surface area contributed by atoms with Crippen LogP contribution in [-0.4, -0.2) is 12.4 Å². The standard InChI is InChI=1S/C13H14BrFO2/c14-11-8-10(15)4-5-13(11)17-7-6-9-2-1-3-12(9)16/h4-5,8-9H,1-3,6-7H2. The number of rotatable bonds is 4. The van der Waals surface area contributed by atoms with Crippen LogP contribution >= 0.6 is 15.9 Å². The Kier molecular flexibility index (Phi) is 4.15. The number of hydrogen-bond acceptors (Lipinski definition) is 2. The molecule has 0 spiro atoms. The molecule has 92 valence electrons. The number of ether oxygens (including phenoxy) is 1. The van der Waals surface area contributed by atoms with E-state index in [2.05, 4.69) is 15.9 Å². The highest BCUT2D eigenvalue weighted by Crippen LogP contribution is 2.27. The van der Waals surface area contributed by atoms with Crippen molar-refractivity contribution in [1.29, 1.82) is 0 Å². The first-order chi connectivity index (χ1) is 8.16. The Bertz CT molecular complexity index is 420. The van der Waals surface area contributed by atoms with Crippen LogP contribution in [-0.2, 0) is 4.79 Å². The van der Waals surface area contributed by atoms with Crippen molar-refractivity contribution in [2.24, 2.45) is 5.92 Å². The summed E-state index contributed by atoms with van der Waals surface area (Å²) >= 11 is 3.24. The van der Waals surface area contributed by atoms with Crippen LogP contribution in [0.1, 0.15) is 25.7 Å². The SMILES string of the molecule is O=C1CCCC1CCOc1ccc(F)cc1Br. The number of ketones is 1. The van der Waals surface area contributed by atoms with Crippen molar-refractivity contribution in [1.82, 2.24) is 0 Å². The zero-order valence-electron chi connectivity index (χ0n) is 9.42. The number of benzene rings is 1. The molecule has 1 saturated carbocycles. The van der Waals surface area contributed by atoms with Gasteiger partial charge in [0.05, 0.1) is 11.1 Å². The average Bonchev–Trinajstić information content (AvgIpc) is 2.68. The van der Waals surface area contributed by atoms with Crippen molar-refractivity contribution in [3.05, 3.63) is 28.5 Å². The largest absolute Gasteiger partial charge is 0.492 e. The topological polar surface area (TPSA) is 26.3 Å². The molecule has 1 atom stereocenters. The fourth-order valence-electron chi connectivity index (χ4n) is 2.10. The predicted molar refractivity (Wildman–Crippen MR) is 66.6 cm³/mol. The zero-order valence-corrected chi connectivity index (χ0v) is 11.0. The van der Waals surface area contributed by atoms with E-state index in [1.807, 2.05) is 0 Å². The summed E-state index contributed by atoms with van der Waals surface area (Å²) in [6.45, 7) is 0.501. The zero-order chi connectivity index (χ0) is 12.3. The normalized spacial score (nSPS) is 19.6. The third kappa shape index (κ3) is 3.28. The summed E-state index contributed by atoms with van der Waals surface area (Å²) in [6, 6.07) is 4.33. The van der Waals surface area contributed by atoms with Crippen molar-refractivity contribution in [2.75, 3.05) is 6.61 Å². The van der Waals surface area contributed by atoms with E-state index in [9.17, 15) is 9.18 Å². The van der Waals surface area contributed by atoms with Gasteiger partial charge in [0.2, 0.25) is 0 Å². The Morgan fingerprint density at radius 3 is 2.94 bits per heavy atom. The first-order valence-electron chi connectivity index (χ1n) is 5.77. The highest BCUT2D eigenvalue weighted by molar-refractivity contribution is 9.10. The summed E-state index contributed by atoms with van der Waals surface area (Å²) in [5.41, 5.74) is 0. The smallest absolute Gasteiger partial charge is 0.136 e. The molecule has 4 heteroatoms. The molecule has 1 aliphatic carbocycles. The highest BCUT2D eigenvalue weighted by atomic mass is 79.9. The molecule has 0 aromatic heterocycles. The Balaban J connectivity index is 1.83. The van der Waals surface area contributed by atoms with Crippen LogP contribution in [0.4, 0.5) is 4.39 Å². The van der Waals surface area contributed by atoms with Crippen molar-refractivity contribution in [2.45, 2.75) is 25.7 Å². The third-order valence-electron chi connectivity index (χ3n) is 3.05. The van der Waals surface area contributed by atoms with Gasteiger partial charge < -0.3 is 4.74 Å². The molecule has 2 rings (SSSR count). The number of halogens is 2. The second kappa shape index (κ2) is 5.63. The second-order valence-corrected chi connectivity index (χ2v) is 5.12. The molecule has 0 radical (unpaired) electrons. The van der Waals surface area contributed by atoms with Gasteiger partial charge in [0.15, 0.2) is 0 Å². The molecular weight excluding hydrogens is 287 g/mol. The van der Waals surface area contributed by atoms with Gasteiger partial charge in [-0.15, -0.1) is 0 Å². The lowest BCUT2D eigenvalue weighted by molar-refractivity contribution is -0.121. The maximum Gasteiger partial charge on any atom is 0.136 e. The number of Topliss-reactive ketones (excluding diaryl/α,β-unsaturated/α-hetero) is 1. The van der Waals surface area contributed by atoms with Gasteiger partial charge in [-0.05, 0) is 53.4 Å². The van der Waals surface area contributed by atoms with Gasteiger partial charge in [-0.2, -0.15) is 0 Å². The number of carbonyl (C=O) groups excluding carboxylic acids is 1. The minimum absolute atomic E-state index is 0.161. The van der Waals surface area contributed by atoms with E-state index in [4.69, 9.17) is 4.74 Å². The van der Waals surface area contributed by atoms with E-state index < -0.39 is 0 Å². The van der Waals surface area contributed by atoms with Crippen LogP contribution in [0, 0.1) is 11.7 Å². The van der Waals surface area contributed by atoms with Gasteiger partial charge in [-0.25, -0.2) is 4.39 Å². The summed E-state index contributed by atoms with van der Waals surface area (Å²) in [6.07, 6.45) is 3.45. The lowest BCUT2D eigenvalue weighted by atomic mass is 10.0. The first-order valence-corrected chi connectivity index (χ1v) is 6.56. The molecule has 1 aliphatic rings. The minimum atomic E-state index is -0.296. The molecule has 0 N–H and O–H groups in total. The Morgan fingerprint density at radius 2 is 2.29 bits per heavy atom. The van der Waals surface area contributed by atoms with Crippen LogP contribution in [0.3, 0.4) is 0 Å². The van der Waals surface area contributed by atoms with Crippen LogP contribution in [0.15, 0.2) is 22.7 Å². The molecule has 0 bridgehead atoms. The summed E-state index contributed by atoms with van der Waals surface area (Å²) in [7, 11) is 0. The molecule has 2 nitrogen and oxygen atoms in total. The molecule has 0 heterocycles. The summed E-state index contributed by atoms with van der Waals surface area (Å²) in [5.74, 6) is 0.841. The highest BCUT2D eigenvalue weighted by Gasteiger charge is 2.23. The van der Waals surface area contributed by atoms with Crippen LogP contribution in [0.5, 0.6) is 5.75 Å². The van der Waals surface area contributed by atoms with E-state index in [0.717, 1.165) is 19.3 Å². The van der Waals surface area contributed by atoms with Crippen LogP contribution < -0.4 is 4.74 Å². The molecule has 17 heavy (non-hydrogen) atoms. The molecule has 1 aromatic carbocycles. The maximum atomic E-state index is 12.8.